The van der Waals surface area contributed by atoms with E-state index in [0.29, 0.717) is 11.3 Å². The molecule has 0 aliphatic carbocycles. The van der Waals surface area contributed by atoms with Crippen LogP contribution in [-0.2, 0) is 4.79 Å². The summed E-state index contributed by atoms with van der Waals surface area (Å²) in [5.74, 6) is 0.168. The molecular formula is C14H19NO3. The van der Waals surface area contributed by atoms with E-state index in [0.717, 1.165) is 0 Å². The van der Waals surface area contributed by atoms with Crippen LogP contribution in [-0.4, -0.2) is 23.8 Å². The maximum absolute atomic E-state index is 11.7. The second-order valence-corrected chi connectivity index (χ2v) is 4.48. The Bertz CT molecular complexity index is 440. The molecule has 18 heavy (non-hydrogen) atoms. The Morgan fingerprint density at radius 3 is 2.33 bits per heavy atom. The Kier molecular flexibility index (Phi) is 4.89. The van der Waals surface area contributed by atoms with E-state index >= 15 is 0 Å². The number of para-hydroxylation sites is 1. The summed E-state index contributed by atoms with van der Waals surface area (Å²) >= 11 is 0. The first-order valence-electron chi connectivity index (χ1n) is 5.98. The molecule has 98 valence electrons. The van der Waals surface area contributed by atoms with Crippen LogP contribution in [0.25, 0.3) is 0 Å². The number of rotatable bonds is 5. The molecule has 0 fully saturated rings. The minimum atomic E-state index is -0.632. The molecule has 4 heteroatoms. The number of Topliss-reactive ketones (excluding diaryl/α,β-unsaturated/α-hetero) is 1. The van der Waals surface area contributed by atoms with Gasteiger partial charge >= 0.3 is 0 Å². The minimum Gasteiger partial charge on any atom is -0.480 e. The fourth-order valence-electron chi connectivity index (χ4n) is 1.51. The predicted octanol–water partition coefficient (Wildman–Crippen LogP) is 2.18. The molecule has 0 radical (unpaired) electrons. The normalized spacial score (nSPS) is 12.1. The summed E-state index contributed by atoms with van der Waals surface area (Å²) in [6.07, 6.45) is -0.632. The second-order valence-electron chi connectivity index (χ2n) is 4.48. The van der Waals surface area contributed by atoms with Gasteiger partial charge < -0.3 is 10.1 Å². The lowest BCUT2D eigenvalue weighted by Crippen LogP contribution is -2.40. The zero-order valence-corrected chi connectivity index (χ0v) is 11.2. The highest BCUT2D eigenvalue weighted by Gasteiger charge is 2.17. The minimum absolute atomic E-state index is 0.0617. The Hall–Kier alpha value is -1.84. The van der Waals surface area contributed by atoms with E-state index in [2.05, 4.69) is 5.32 Å². The quantitative estimate of drug-likeness (QED) is 0.814. The van der Waals surface area contributed by atoms with Crippen LogP contribution in [0.2, 0.25) is 0 Å². The summed E-state index contributed by atoms with van der Waals surface area (Å²) in [6.45, 7) is 6.90. The monoisotopic (exact) mass is 249 g/mol. The Balaban J connectivity index is 2.78. The van der Waals surface area contributed by atoms with E-state index in [1.54, 1.807) is 31.2 Å². The maximum Gasteiger partial charge on any atom is 0.260 e. The van der Waals surface area contributed by atoms with Crippen molar-refractivity contribution < 1.29 is 14.3 Å². The molecule has 0 aliphatic rings. The Labute approximate surface area is 107 Å². The molecule has 0 spiro atoms. The molecule has 0 saturated heterocycles. The zero-order chi connectivity index (χ0) is 13.7. The summed E-state index contributed by atoms with van der Waals surface area (Å²) in [6, 6.07) is 6.98. The van der Waals surface area contributed by atoms with Gasteiger partial charge in [-0.2, -0.15) is 0 Å². The third-order valence-corrected chi connectivity index (χ3v) is 2.37. The summed E-state index contributed by atoms with van der Waals surface area (Å²) < 4.78 is 5.54. The molecule has 0 aliphatic heterocycles. The molecule has 1 amide bonds. The molecule has 1 rings (SSSR count). The van der Waals surface area contributed by atoms with Gasteiger partial charge in [-0.1, -0.05) is 12.1 Å². The molecule has 0 saturated carbocycles. The van der Waals surface area contributed by atoms with Crippen LogP contribution < -0.4 is 10.1 Å². The van der Waals surface area contributed by atoms with Crippen LogP contribution in [0.1, 0.15) is 38.1 Å². The molecule has 1 unspecified atom stereocenters. The summed E-state index contributed by atoms with van der Waals surface area (Å²) in [7, 11) is 0. The van der Waals surface area contributed by atoms with Gasteiger partial charge in [-0.05, 0) is 39.8 Å². The van der Waals surface area contributed by atoms with E-state index < -0.39 is 6.10 Å². The number of hydrogen-bond donors (Lipinski definition) is 1. The molecule has 4 nitrogen and oxygen atoms in total. The van der Waals surface area contributed by atoms with Gasteiger partial charge in [0.1, 0.15) is 5.75 Å². The maximum atomic E-state index is 11.7. The number of amides is 1. The summed E-state index contributed by atoms with van der Waals surface area (Å²) in [5, 5.41) is 2.76. The third kappa shape index (κ3) is 3.87. The number of hydrogen-bond acceptors (Lipinski definition) is 3. The van der Waals surface area contributed by atoms with Gasteiger partial charge in [-0.3, -0.25) is 9.59 Å². The summed E-state index contributed by atoms with van der Waals surface area (Å²) in [5.41, 5.74) is 0.488. The number of nitrogens with one attached hydrogen (secondary N) is 1. The second kappa shape index (κ2) is 6.19. The molecule has 1 N–H and O–H groups in total. The highest BCUT2D eigenvalue weighted by molar-refractivity contribution is 5.96. The molecule has 1 aromatic rings. The topological polar surface area (TPSA) is 55.4 Å². The SMILES string of the molecule is CC(=O)c1ccccc1OC(C)C(=O)NC(C)C. The van der Waals surface area contributed by atoms with Crippen LogP contribution in [0.5, 0.6) is 5.75 Å². The van der Waals surface area contributed by atoms with Crippen molar-refractivity contribution in [3.63, 3.8) is 0 Å². The highest BCUT2D eigenvalue weighted by Crippen LogP contribution is 2.19. The first-order valence-corrected chi connectivity index (χ1v) is 5.98. The van der Waals surface area contributed by atoms with Gasteiger partial charge in [0.05, 0.1) is 5.56 Å². The van der Waals surface area contributed by atoms with Crippen LogP contribution in [0.4, 0.5) is 0 Å². The number of ether oxygens (including phenoxy) is 1. The van der Waals surface area contributed by atoms with Gasteiger partial charge in [0.15, 0.2) is 11.9 Å². The highest BCUT2D eigenvalue weighted by atomic mass is 16.5. The van der Waals surface area contributed by atoms with Crippen LogP contribution in [0, 0.1) is 0 Å². The zero-order valence-electron chi connectivity index (χ0n) is 11.2. The number of ketones is 1. The lowest BCUT2D eigenvalue weighted by molar-refractivity contribution is -0.127. The molecule has 0 heterocycles. The van der Waals surface area contributed by atoms with E-state index in [1.807, 2.05) is 13.8 Å². The fourth-order valence-corrected chi connectivity index (χ4v) is 1.51. The molecular weight excluding hydrogens is 230 g/mol. The predicted molar refractivity (Wildman–Crippen MR) is 69.8 cm³/mol. The summed E-state index contributed by atoms with van der Waals surface area (Å²) in [4.78, 5) is 23.1. The van der Waals surface area contributed by atoms with Crippen molar-refractivity contribution in [3.05, 3.63) is 29.8 Å². The van der Waals surface area contributed by atoms with E-state index in [-0.39, 0.29) is 17.7 Å². The van der Waals surface area contributed by atoms with Crippen molar-refractivity contribution in [2.75, 3.05) is 0 Å². The fraction of sp³-hybridized carbons (Fsp3) is 0.429. The lowest BCUT2D eigenvalue weighted by atomic mass is 10.1. The standard InChI is InChI=1S/C14H19NO3/c1-9(2)15-14(17)11(4)18-13-8-6-5-7-12(13)10(3)16/h5-9,11H,1-4H3,(H,15,17). The number of carbonyl (C=O) groups excluding carboxylic acids is 2. The molecule has 1 atom stereocenters. The van der Waals surface area contributed by atoms with Crippen molar-refractivity contribution in [2.24, 2.45) is 0 Å². The largest absolute Gasteiger partial charge is 0.480 e. The van der Waals surface area contributed by atoms with Crippen LogP contribution in [0.3, 0.4) is 0 Å². The van der Waals surface area contributed by atoms with Gasteiger partial charge in [0, 0.05) is 6.04 Å². The Morgan fingerprint density at radius 2 is 1.78 bits per heavy atom. The van der Waals surface area contributed by atoms with Gasteiger partial charge in [-0.25, -0.2) is 0 Å². The molecule has 1 aromatic carbocycles. The van der Waals surface area contributed by atoms with Gasteiger partial charge in [0.2, 0.25) is 0 Å². The third-order valence-electron chi connectivity index (χ3n) is 2.37. The van der Waals surface area contributed by atoms with Crippen molar-refractivity contribution >= 4 is 11.7 Å². The Morgan fingerprint density at radius 1 is 1.17 bits per heavy atom. The smallest absolute Gasteiger partial charge is 0.260 e. The van der Waals surface area contributed by atoms with E-state index in [4.69, 9.17) is 4.74 Å². The molecule has 0 aromatic heterocycles. The van der Waals surface area contributed by atoms with Gasteiger partial charge in [0.25, 0.3) is 5.91 Å². The van der Waals surface area contributed by atoms with Crippen molar-refractivity contribution in [1.82, 2.24) is 5.32 Å². The van der Waals surface area contributed by atoms with Crippen molar-refractivity contribution in [1.29, 1.82) is 0 Å². The van der Waals surface area contributed by atoms with E-state index in [1.165, 1.54) is 6.92 Å². The number of carbonyl (C=O) groups is 2. The van der Waals surface area contributed by atoms with Gasteiger partial charge in [-0.15, -0.1) is 0 Å². The number of benzene rings is 1. The molecule has 0 bridgehead atoms. The average molecular weight is 249 g/mol. The van der Waals surface area contributed by atoms with Crippen LogP contribution in [0.15, 0.2) is 24.3 Å². The van der Waals surface area contributed by atoms with Crippen LogP contribution >= 0.6 is 0 Å². The lowest BCUT2D eigenvalue weighted by Gasteiger charge is -2.17. The van der Waals surface area contributed by atoms with Crippen molar-refractivity contribution in [2.45, 2.75) is 39.8 Å². The van der Waals surface area contributed by atoms with Crippen molar-refractivity contribution in [3.8, 4) is 5.75 Å². The first-order chi connectivity index (χ1) is 8.41. The first kappa shape index (κ1) is 14.2. The average Bonchev–Trinajstić information content (AvgIpc) is 2.28. The van der Waals surface area contributed by atoms with E-state index in [9.17, 15) is 9.59 Å².